The average Bonchev–Trinajstić information content (AvgIpc) is 3.18. The van der Waals surface area contributed by atoms with Crippen molar-refractivity contribution in [2.45, 2.75) is 70.0 Å². The van der Waals surface area contributed by atoms with Crippen LogP contribution in [-0.4, -0.2) is 60.7 Å². The lowest BCUT2D eigenvalue weighted by atomic mass is 9.98. The molecule has 176 valence electrons. The third kappa shape index (κ3) is 4.96. The van der Waals surface area contributed by atoms with E-state index in [0.717, 1.165) is 0 Å². The Morgan fingerprint density at radius 1 is 0.969 bits per heavy atom. The third-order valence-electron chi connectivity index (χ3n) is 4.99. The molecule has 0 saturated carbocycles. The van der Waals surface area contributed by atoms with Crippen LogP contribution in [-0.2, 0) is 33.3 Å². The molecule has 1 aromatic rings. The molecule has 0 radical (unpaired) electrons. The first-order valence-electron chi connectivity index (χ1n) is 9.97. The number of hydrogen-bond donors (Lipinski definition) is 2. The summed E-state index contributed by atoms with van der Waals surface area (Å²) in [6.07, 6.45) is -3.84. The molecule has 3 fully saturated rings. The van der Waals surface area contributed by atoms with E-state index < -0.39 is 54.1 Å². The van der Waals surface area contributed by atoms with E-state index in [4.69, 9.17) is 51.6 Å². The largest absolute Gasteiger partial charge is 0.482 e. The van der Waals surface area contributed by atoms with Crippen LogP contribution in [0.2, 0.25) is 10.0 Å². The van der Waals surface area contributed by atoms with Gasteiger partial charge in [-0.1, -0.05) is 23.2 Å². The fourth-order valence-electron chi connectivity index (χ4n) is 3.80. The Kier molecular flexibility index (Phi) is 6.32. The quantitative estimate of drug-likeness (QED) is 0.615. The predicted octanol–water partition coefficient (Wildman–Crippen LogP) is 1.92. The highest BCUT2D eigenvalue weighted by Gasteiger charge is 2.62. The molecule has 3 aliphatic rings. The molecule has 2 N–H and O–H groups in total. The van der Waals surface area contributed by atoms with Gasteiger partial charge in [-0.3, -0.25) is 20.4 Å². The summed E-state index contributed by atoms with van der Waals surface area (Å²) in [7, 11) is 0. The van der Waals surface area contributed by atoms with Gasteiger partial charge in [-0.15, -0.1) is 0 Å². The van der Waals surface area contributed by atoms with Crippen molar-refractivity contribution < 1.29 is 38.0 Å². The van der Waals surface area contributed by atoms with Gasteiger partial charge in [0.1, 0.15) is 24.1 Å². The van der Waals surface area contributed by atoms with Crippen molar-refractivity contribution in [2.75, 3.05) is 6.61 Å². The molecule has 0 aliphatic carbocycles. The summed E-state index contributed by atoms with van der Waals surface area (Å²) in [6.45, 7) is 6.57. The van der Waals surface area contributed by atoms with Crippen molar-refractivity contribution in [2.24, 2.45) is 0 Å². The van der Waals surface area contributed by atoms with E-state index in [9.17, 15) is 9.59 Å². The Hall–Kier alpha value is -1.66. The highest BCUT2D eigenvalue weighted by Crippen LogP contribution is 2.44. The lowest BCUT2D eigenvalue weighted by Gasteiger charge is -2.36. The van der Waals surface area contributed by atoms with Crippen LogP contribution in [0.15, 0.2) is 18.2 Å². The molecule has 4 rings (SSSR count). The average molecular weight is 491 g/mol. The smallest absolute Gasteiger partial charge is 0.276 e. The Balaban J connectivity index is 1.35. The molecule has 0 aromatic heterocycles. The summed E-state index contributed by atoms with van der Waals surface area (Å²) in [4.78, 5) is 24.9. The van der Waals surface area contributed by atoms with Gasteiger partial charge in [0.05, 0.1) is 5.02 Å². The first kappa shape index (κ1) is 23.5. The van der Waals surface area contributed by atoms with Gasteiger partial charge >= 0.3 is 0 Å². The van der Waals surface area contributed by atoms with Crippen molar-refractivity contribution in [3.05, 3.63) is 28.2 Å². The summed E-state index contributed by atoms with van der Waals surface area (Å²) in [6, 6.07) is 4.60. The van der Waals surface area contributed by atoms with Gasteiger partial charge in [-0.05, 0) is 45.9 Å². The molecule has 3 saturated heterocycles. The van der Waals surface area contributed by atoms with E-state index >= 15 is 0 Å². The maximum absolute atomic E-state index is 12.8. The molecule has 3 heterocycles. The number of amides is 2. The second kappa shape index (κ2) is 8.60. The Labute approximate surface area is 194 Å². The maximum Gasteiger partial charge on any atom is 0.276 e. The van der Waals surface area contributed by atoms with E-state index in [0.29, 0.717) is 5.02 Å². The zero-order valence-electron chi connectivity index (χ0n) is 17.8. The Bertz CT molecular complexity index is 912. The van der Waals surface area contributed by atoms with Crippen LogP contribution in [0.3, 0.4) is 0 Å². The minimum absolute atomic E-state index is 0.258. The van der Waals surface area contributed by atoms with Gasteiger partial charge < -0.3 is 28.4 Å². The molecule has 5 atom stereocenters. The normalized spacial score (nSPS) is 32.0. The van der Waals surface area contributed by atoms with Crippen molar-refractivity contribution in [3.63, 3.8) is 0 Å². The van der Waals surface area contributed by atoms with Crippen molar-refractivity contribution in [1.82, 2.24) is 10.9 Å². The maximum atomic E-state index is 12.8. The third-order valence-corrected chi connectivity index (χ3v) is 5.52. The second-order valence-corrected chi connectivity index (χ2v) is 9.33. The van der Waals surface area contributed by atoms with Crippen LogP contribution >= 0.6 is 23.2 Å². The Morgan fingerprint density at radius 3 is 2.34 bits per heavy atom. The van der Waals surface area contributed by atoms with E-state index in [2.05, 4.69) is 10.9 Å². The van der Waals surface area contributed by atoms with E-state index in [1.165, 1.54) is 12.1 Å². The lowest BCUT2D eigenvalue weighted by molar-refractivity contribution is -0.231. The summed E-state index contributed by atoms with van der Waals surface area (Å²) >= 11 is 11.8. The lowest BCUT2D eigenvalue weighted by Crippen LogP contribution is -2.61. The van der Waals surface area contributed by atoms with Crippen LogP contribution in [0.1, 0.15) is 27.7 Å². The predicted molar refractivity (Wildman–Crippen MR) is 111 cm³/mol. The molecule has 2 amide bonds. The van der Waals surface area contributed by atoms with Crippen LogP contribution in [0.4, 0.5) is 0 Å². The zero-order chi connectivity index (χ0) is 23.3. The number of carbonyl (C=O) groups is 2. The van der Waals surface area contributed by atoms with Crippen LogP contribution < -0.4 is 15.6 Å². The standard InChI is InChI=1S/C20H24Cl2N2O8/c1-19(2)29-13-14(30-19)16-18(32-20(3,4)31-16)28-15(13)17(26)24-23-12(25)8-27-11-6-5-9(21)7-10(11)22/h5-7,13-16,18H,8H2,1-4H3,(H,23,25)(H,24,26). The van der Waals surface area contributed by atoms with E-state index in [1.54, 1.807) is 33.8 Å². The van der Waals surface area contributed by atoms with Crippen molar-refractivity contribution in [3.8, 4) is 5.75 Å². The van der Waals surface area contributed by atoms with Gasteiger partial charge in [-0.25, -0.2) is 0 Å². The molecule has 32 heavy (non-hydrogen) atoms. The topological polar surface area (TPSA) is 114 Å². The molecule has 5 unspecified atom stereocenters. The summed E-state index contributed by atoms with van der Waals surface area (Å²) < 4.78 is 34.7. The monoisotopic (exact) mass is 490 g/mol. The second-order valence-electron chi connectivity index (χ2n) is 8.49. The minimum Gasteiger partial charge on any atom is -0.482 e. The SMILES string of the molecule is CC1(C)OC2OC(C(=O)NNC(=O)COc3ccc(Cl)cc3Cl)C3OC(C)(C)OC3C2O1. The Morgan fingerprint density at radius 2 is 1.62 bits per heavy atom. The van der Waals surface area contributed by atoms with Gasteiger partial charge in [0, 0.05) is 5.02 Å². The number of benzene rings is 1. The summed E-state index contributed by atoms with van der Waals surface area (Å²) in [5.41, 5.74) is 4.60. The first-order valence-corrected chi connectivity index (χ1v) is 10.7. The first-order chi connectivity index (χ1) is 14.9. The fourth-order valence-corrected chi connectivity index (χ4v) is 4.26. The van der Waals surface area contributed by atoms with Crippen LogP contribution in [0.25, 0.3) is 0 Å². The van der Waals surface area contributed by atoms with Gasteiger partial charge in [-0.2, -0.15) is 0 Å². The number of hydrazine groups is 1. The van der Waals surface area contributed by atoms with Gasteiger partial charge in [0.15, 0.2) is 30.6 Å². The minimum atomic E-state index is -1.10. The molecule has 10 nitrogen and oxygen atoms in total. The number of halogens is 2. The van der Waals surface area contributed by atoms with Crippen molar-refractivity contribution >= 4 is 35.0 Å². The summed E-state index contributed by atoms with van der Waals surface area (Å²) in [5, 5.41) is 0.696. The number of fused-ring (bicyclic) bond motifs is 3. The fraction of sp³-hybridized carbons (Fsp3) is 0.600. The highest BCUT2D eigenvalue weighted by atomic mass is 35.5. The molecule has 0 spiro atoms. The highest BCUT2D eigenvalue weighted by molar-refractivity contribution is 6.35. The van der Waals surface area contributed by atoms with E-state index in [-0.39, 0.29) is 17.4 Å². The number of rotatable bonds is 4. The van der Waals surface area contributed by atoms with Gasteiger partial charge in [0.25, 0.3) is 11.8 Å². The molecule has 3 aliphatic heterocycles. The number of nitrogens with one attached hydrogen (secondary N) is 2. The van der Waals surface area contributed by atoms with Crippen LogP contribution in [0.5, 0.6) is 5.75 Å². The number of ether oxygens (including phenoxy) is 6. The summed E-state index contributed by atoms with van der Waals surface area (Å²) in [5.74, 6) is -2.82. The van der Waals surface area contributed by atoms with Gasteiger partial charge in [0.2, 0.25) is 0 Å². The molecular formula is C20H24Cl2N2O8. The number of hydrogen-bond acceptors (Lipinski definition) is 8. The van der Waals surface area contributed by atoms with E-state index in [1.807, 2.05) is 0 Å². The molecular weight excluding hydrogens is 467 g/mol. The van der Waals surface area contributed by atoms with Crippen LogP contribution in [0, 0.1) is 0 Å². The molecule has 0 bridgehead atoms. The number of carbonyl (C=O) groups excluding carboxylic acids is 2. The molecule has 1 aromatic carbocycles. The molecule has 12 heteroatoms. The zero-order valence-corrected chi connectivity index (χ0v) is 19.4. The van der Waals surface area contributed by atoms with Crippen molar-refractivity contribution in [1.29, 1.82) is 0 Å².